The van der Waals surface area contributed by atoms with E-state index in [0.29, 0.717) is 18.2 Å². The number of furan rings is 1. The second-order valence-electron chi connectivity index (χ2n) is 6.64. The number of rotatable bonds is 6. The number of likely N-dealkylation sites (tertiary alicyclic amines) is 1. The SMILES string of the molecule is CCc1nc(CN2CC[C@H](CNC(=O)c3occc3C)C2)c(C)[nH]1. The summed E-state index contributed by atoms with van der Waals surface area (Å²) in [6.45, 7) is 9.68. The zero-order valence-electron chi connectivity index (χ0n) is 14.7. The van der Waals surface area contributed by atoms with E-state index in [1.807, 2.05) is 13.0 Å². The predicted molar refractivity (Wildman–Crippen MR) is 91.9 cm³/mol. The molecule has 1 fully saturated rings. The maximum atomic E-state index is 12.1. The number of amides is 1. The maximum absolute atomic E-state index is 12.1. The Morgan fingerprint density at radius 2 is 2.33 bits per heavy atom. The first-order valence-corrected chi connectivity index (χ1v) is 8.65. The van der Waals surface area contributed by atoms with Gasteiger partial charge in [0.25, 0.3) is 5.91 Å². The van der Waals surface area contributed by atoms with Gasteiger partial charge in [-0.3, -0.25) is 9.69 Å². The molecule has 0 aromatic carbocycles. The molecule has 6 nitrogen and oxygen atoms in total. The highest BCUT2D eigenvalue weighted by Gasteiger charge is 2.24. The Labute approximate surface area is 142 Å². The Hall–Kier alpha value is -2.08. The van der Waals surface area contributed by atoms with E-state index < -0.39 is 0 Å². The zero-order valence-corrected chi connectivity index (χ0v) is 14.7. The van der Waals surface area contributed by atoms with E-state index in [9.17, 15) is 4.79 Å². The van der Waals surface area contributed by atoms with Crippen molar-refractivity contribution in [2.45, 2.75) is 40.2 Å². The Kier molecular flexibility index (Phi) is 5.04. The van der Waals surface area contributed by atoms with E-state index in [2.05, 4.69) is 34.0 Å². The minimum absolute atomic E-state index is 0.119. The smallest absolute Gasteiger partial charge is 0.287 e. The highest BCUT2D eigenvalue weighted by atomic mass is 16.3. The van der Waals surface area contributed by atoms with Gasteiger partial charge in [0.2, 0.25) is 0 Å². The van der Waals surface area contributed by atoms with E-state index in [0.717, 1.165) is 55.3 Å². The summed E-state index contributed by atoms with van der Waals surface area (Å²) in [5, 5.41) is 3.00. The van der Waals surface area contributed by atoms with Crippen LogP contribution in [0.25, 0.3) is 0 Å². The Morgan fingerprint density at radius 3 is 3.00 bits per heavy atom. The van der Waals surface area contributed by atoms with Gasteiger partial charge in [0, 0.05) is 37.3 Å². The largest absolute Gasteiger partial charge is 0.459 e. The van der Waals surface area contributed by atoms with Crippen LogP contribution in [0.3, 0.4) is 0 Å². The number of aromatic amines is 1. The number of carbonyl (C=O) groups excluding carboxylic acids is 1. The average molecular weight is 330 g/mol. The van der Waals surface area contributed by atoms with Crippen molar-refractivity contribution in [3.63, 3.8) is 0 Å². The number of carbonyl (C=O) groups is 1. The van der Waals surface area contributed by atoms with E-state index in [1.54, 1.807) is 6.26 Å². The third-order valence-electron chi connectivity index (χ3n) is 4.73. The Bertz CT molecular complexity index is 704. The highest BCUT2D eigenvalue weighted by Crippen LogP contribution is 2.19. The molecular formula is C18H26N4O2. The van der Waals surface area contributed by atoms with Crippen LogP contribution in [0.5, 0.6) is 0 Å². The number of nitrogens with zero attached hydrogens (tertiary/aromatic N) is 2. The fourth-order valence-electron chi connectivity index (χ4n) is 3.24. The summed E-state index contributed by atoms with van der Waals surface area (Å²) in [5.74, 6) is 1.84. The zero-order chi connectivity index (χ0) is 17.1. The molecule has 24 heavy (non-hydrogen) atoms. The molecule has 130 valence electrons. The third kappa shape index (κ3) is 3.70. The molecule has 0 aliphatic carbocycles. The number of hydrogen-bond acceptors (Lipinski definition) is 4. The molecule has 1 amide bonds. The highest BCUT2D eigenvalue weighted by molar-refractivity contribution is 5.92. The van der Waals surface area contributed by atoms with Crippen LogP contribution in [0, 0.1) is 19.8 Å². The van der Waals surface area contributed by atoms with Crippen molar-refractivity contribution in [1.29, 1.82) is 0 Å². The van der Waals surface area contributed by atoms with E-state index in [1.165, 1.54) is 0 Å². The van der Waals surface area contributed by atoms with Crippen LogP contribution in [0.4, 0.5) is 0 Å². The van der Waals surface area contributed by atoms with Crippen molar-refractivity contribution in [2.24, 2.45) is 5.92 Å². The van der Waals surface area contributed by atoms with Crippen molar-refractivity contribution < 1.29 is 9.21 Å². The topological polar surface area (TPSA) is 74.2 Å². The minimum Gasteiger partial charge on any atom is -0.459 e. The number of imidazole rings is 1. The molecule has 2 aromatic heterocycles. The van der Waals surface area contributed by atoms with Crippen LogP contribution in [-0.4, -0.2) is 40.4 Å². The lowest BCUT2D eigenvalue weighted by atomic mass is 10.1. The van der Waals surface area contributed by atoms with Gasteiger partial charge < -0.3 is 14.7 Å². The second kappa shape index (κ2) is 7.21. The molecule has 1 aliphatic heterocycles. The molecule has 1 atom stereocenters. The number of hydrogen-bond donors (Lipinski definition) is 2. The van der Waals surface area contributed by atoms with Crippen LogP contribution >= 0.6 is 0 Å². The Morgan fingerprint density at radius 1 is 1.50 bits per heavy atom. The molecule has 1 aliphatic rings. The Balaban J connectivity index is 1.48. The van der Waals surface area contributed by atoms with Gasteiger partial charge in [-0.05, 0) is 38.8 Å². The van der Waals surface area contributed by atoms with Gasteiger partial charge in [-0.1, -0.05) is 6.92 Å². The van der Waals surface area contributed by atoms with Crippen molar-refractivity contribution in [3.8, 4) is 0 Å². The minimum atomic E-state index is -0.119. The molecule has 0 spiro atoms. The summed E-state index contributed by atoms with van der Waals surface area (Å²) in [5.41, 5.74) is 3.18. The van der Waals surface area contributed by atoms with Crippen molar-refractivity contribution in [2.75, 3.05) is 19.6 Å². The van der Waals surface area contributed by atoms with E-state index in [-0.39, 0.29) is 5.91 Å². The fraction of sp³-hybridized carbons (Fsp3) is 0.556. The lowest BCUT2D eigenvalue weighted by Crippen LogP contribution is -2.31. The van der Waals surface area contributed by atoms with E-state index >= 15 is 0 Å². The van der Waals surface area contributed by atoms with Gasteiger partial charge in [-0.25, -0.2) is 4.98 Å². The van der Waals surface area contributed by atoms with Crippen LogP contribution < -0.4 is 5.32 Å². The summed E-state index contributed by atoms with van der Waals surface area (Å²) in [4.78, 5) is 22.5. The van der Waals surface area contributed by atoms with Crippen LogP contribution in [0.15, 0.2) is 16.7 Å². The van der Waals surface area contributed by atoms with Gasteiger partial charge in [-0.15, -0.1) is 0 Å². The van der Waals surface area contributed by atoms with Crippen molar-refractivity contribution in [3.05, 3.63) is 40.9 Å². The van der Waals surface area contributed by atoms with Gasteiger partial charge >= 0.3 is 0 Å². The van der Waals surface area contributed by atoms with Gasteiger partial charge in [-0.2, -0.15) is 0 Å². The summed E-state index contributed by atoms with van der Waals surface area (Å²) in [6.07, 6.45) is 3.58. The summed E-state index contributed by atoms with van der Waals surface area (Å²) in [7, 11) is 0. The molecule has 2 aromatic rings. The molecule has 0 saturated carbocycles. The van der Waals surface area contributed by atoms with Crippen LogP contribution in [0.2, 0.25) is 0 Å². The quantitative estimate of drug-likeness (QED) is 0.853. The van der Waals surface area contributed by atoms with Crippen molar-refractivity contribution in [1.82, 2.24) is 20.2 Å². The number of aryl methyl sites for hydroxylation is 3. The number of H-pyrrole nitrogens is 1. The third-order valence-corrected chi connectivity index (χ3v) is 4.73. The molecule has 0 radical (unpaired) electrons. The van der Waals surface area contributed by atoms with Gasteiger partial charge in [0.1, 0.15) is 5.82 Å². The summed E-state index contributed by atoms with van der Waals surface area (Å²) >= 11 is 0. The lowest BCUT2D eigenvalue weighted by Gasteiger charge is -2.15. The average Bonchev–Trinajstić information content (AvgIpc) is 3.27. The lowest BCUT2D eigenvalue weighted by molar-refractivity contribution is 0.0918. The predicted octanol–water partition coefficient (Wildman–Crippen LogP) is 2.43. The molecule has 6 heteroatoms. The standard InChI is InChI=1S/C18H26N4O2/c1-4-16-20-13(3)15(21-16)11-22-7-5-14(10-22)9-19-18(23)17-12(2)6-8-24-17/h6,8,14H,4-5,7,9-11H2,1-3H3,(H,19,23)(H,20,21)/t14-/m1/s1. The fourth-order valence-corrected chi connectivity index (χ4v) is 3.24. The maximum Gasteiger partial charge on any atom is 0.287 e. The first-order chi connectivity index (χ1) is 11.6. The van der Waals surface area contributed by atoms with E-state index in [4.69, 9.17) is 4.42 Å². The molecule has 2 N–H and O–H groups in total. The van der Waals surface area contributed by atoms with Gasteiger partial charge in [0.05, 0.1) is 12.0 Å². The first kappa shape index (κ1) is 16.8. The second-order valence-corrected chi connectivity index (χ2v) is 6.64. The summed E-state index contributed by atoms with van der Waals surface area (Å²) in [6, 6.07) is 1.81. The molecule has 0 unspecified atom stereocenters. The number of aromatic nitrogens is 2. The van der Waals surface area contributed by atoms with Crippen molar-refractivity contribution >= 4 is 5.91 Å². The first-order valence-electron chi connectivity index (χ1n) is 8.65. The summed E-state index contributed by atoms with van der Waals surface area (Å²) < 4.78 is 5.23. The molecule has 3 rings (SSSR count). The molecule has 0 bridgehead atoms. The molecule has 1 saturated heterocycles. The van der Waals surface area contributed by atoms with Gasteiger partial charge in [0.15, 0.2) is 5.76 Å². The normalized spacial score (nSPS) is 18.2. The molecule has 3 heterocycles. The van der Waals surface area contributed by atoms with Crippen LogP contribution in [0.1, 0.15) is 46.7 Å². The van der Waals surface area contributed by atoms with Crippen LogP contribution in [-0.2, 0) is 13.0 Å². The number of nitrogens with one attached hydrogen (secondary N) is 2. The monoisotopic (exact) mass is 330 g/mol. The molecular weight excluding hydrogens is 304 g/mol.